The molecule has 21 heavy (non-hydrogen) atoms. The Morgan fingerprint density at radius 1 is 1.33 bits per heavy atom. The van der Waals surface area contributed by atoms with Gasteiger partial charge in [-0.2, -0.15) is 0 Å². The van der Waals surface area contributed by atoms with Crippen molar-refractivity contribution in [3.05, 3.63) is 23.8 Å². The van der Waals surface area contributed by atoms with Gasteiger partial charge in [0.1, 0.15) is 5.75 Å². The van der Waals surface area contributed by atoms with Gasteiger partial charge in [-0.15, -0.1) is 0 Å². The maximum absolute atomic E-state index is 12.2. The van der Waals surface area contributed by atoms with E-state index in [0.29, 0.717) is 30.2 Å². The third-order valence-corrected chi connectivity index (χ3v) is 2.84. The maximum Gasteiger partial charge on any atom is 0.256 e. The third-order valence-electron chi connectivity index (χ3n) is 2.84. The molecule has 1 rings (SSSR count). The van der Waals surface area contributed by atoms with Gasteiger partial charge in [-0.25, -0.2) is 0 Å². The van der Waals surface area contributed by atoms with Crippen molar-refractivity contribution in [2.24, 2.45) is 0 Å². The molecule has 2 amide bonds. The Bertz CT molecular complexity index is 505. The van der Waals surface area contributed by atoms with E-state index in [2.05, 4.69) is 5.32 Å². The zero-order chi connectivity index (χ0) is 15.8. The fraction of sp³-hybridized carbons (Fsp3) is 0.429. The van der Waals surface area contributed by atoms with Crippen LogP contribution in [0.25, 0.3) is 0 Å². The van der Waals surface area contributed by atoms with E-state index in [4.69, 9.17) is 15.2 Å². The molecule has 0 aliphatic rings. The summed E-state index contributed by atoms with van der Waals surface area (Å²) in [4.78, 5) is 25.2. The number of nitrogens with two attached hydrogens (primary N) is 1. The second-order valence-corrected chi connectivity index (χ2v) is 4.46. The van der Waals surface area contributed by atoms with Crippen LogP contribution >= 0.6 is 0 Å². The second kappa shape index (κ2) is 8.11. The highest BCUT2D eigenvalue weighted by atomic mass is 16.5. The van der Waals surface area contributed by atoms with E-state index in [1.54, 1.807) is 32.4 Å². The smallest absolute Gasteiger partial charge is 0.256 e. The number of likely N-dealkylation sites (N-methyl/N-ethyl adjacent to an activating group) is 1. The van der Waals surface area contributed by atoms with Crippen LogP contribution in [0.5, 0.6) is 5.75 Å². The van der Waals surface area contributed by atoms with E-state index in [-0.39, 0.29) is 18.4 Å². The van der Waals surface area contributed by atoms with Crippen LogP contribution in [-0.4, -0.2) is 57.7 Å². The summed E-state index contributed by atoms with van der Waals surface area (Å²) >= 11 is 0. The molecule has 7 heteroatoms. The van der Waals surface area contributed by atoms with Crippen molar-refractivity contribution in [1.82, 2.24) is 10.2 Å². The normalized spacial score (nSPS) is 10.0. The average molecular weight is 295 g/mol. The predicted molar refractivity (Wildman–Crippen MR) is 79.3 cm³/mol. The number of nitrogens with one attached hydrogen (secondary N) is 1. The van der Waals surface area contributed by atoms with E-state index < -0.39 is 0 Å². The Morgan fingerprint density at radius 2 is 2.05 bits per heavy atom. The first kappa shape index (κ1) is 16.8. The number of amides is 2. The summed E-state index contributed by atoms with van der Waals surface area (Å²) in [7, 11) is 4.61. The number of nitrogens with zero attached hydrogens (tertiary/aromatic N) is 1. The van der Waals surface area contributed by atoms with Crippen LogP contribution in [0, 0.1) is 0 Å². The number of hydrogen-bond donors (Lipinski definition) is 2. The second-order valence-electron chi connectivity index (χ2n) is 4.46. The lowest BCUT2D eigenvalue weighted by molar-refractivity contribution is -0.121. The van der Waals surface area contributed by atoms with Crippen LogP contribution in [0.3, 0.4) is 0 Å². The van der Waals surface area contributed by atoms with Gasteiger partial charge in [0, 0.05) is 32.5 Å². The van der Waals surface area contributed by atoms with Gasteiger partial charge in [-0.1, -0.05) is 0 Å². The van der Waals surface area contributed by atoms with Gasteiger partial charge in [0.25, 0.3) is 5.91 Å². The van der Waals surface area contributed by atoms with Crippen molar-refractivity contribution in [2.75, 3.05) is 46.7 Å². The lowest BCUT2D eigenvalue weighted by atomic mass is 10.1. The number of rotatable bonds is 7. The number of hydrogen-bond acceptors (Lipinski definition) is 5. The summed E-state index contributed by atoms with van der Waals surface area (Å²) < 4.78 is 9.86. The molecular weight excluding hydrogens is 274 g/mol. The molecule has 0 radical (unpaired) electrons. The Labute approximate surface area is 124 Å². The van der Waals surface area contributed by atoms with Crippen molar-refractivity contribution in [3.63, 3.8) is 0 Å². The molecule has 0 atom stereocenters. The maximum atomic E-state index is 12.2. The number of carbonyl (C=O) groups excluding carboxylic acids is 2. The molecule has 116 valence electrons. The molecule has 0 bridgehead atoms. The number of benzene rings is 1. The number of nitrogen functional groups attached to an aromatic ring is 1. The van der Waals surface area contributed by atoms with E-state index in [1.807, 2.05) is 0 Å². The fourth-order valence-corrected chi connectivity index (χ4v) is 1.70. The molecule has 0 heterocycles. The third kappa shape index (κ3) is 4.96. The molecule has 0 fully saturated rings. The Morgan fingerprint density at radius 3 is 2.62 bits per heavy atom. The minimum absolute atomic E-state index is 0.0476. The molecular formula is C14H21N3O4. The minimum Gasteiger partial charge on any atom is -0.497 e. The fourth-order valence-electron chi connectivity index (χ4n) is 1.70. The number of carbonyl (C=O) groups is 2. The van der Waals surface area contributed by atoms with Gasteiger partial charge in [0.2, 0.25) is 5.91 Å². The molecule has 0 aromatic heterocycles. The number of anilines is 1. The van der Waals surface area contributed by atoms with Gasteiger partial charge in [-0.3, -0.25) is 9.59 Å². The van der Waals surface area contributed by atoms with Crippen LogP contribution in [0.4, 0.5) is 5.69 Å². The lowest BCUT2D eigenvalue weighted by Gasteiger charge is -2.18. The highest BCUT2D eigenvalue weighted by molar-refractivity contribution is 6.00. The van der Waals surface area contributed by atoms with Crippen LogP contribution in [0.1, 0.15) is 10.4 Å². The standard InChI is InChI=1S/C14H21N3O4/c1-17(9-13(18)16-6-7-20-2)14(19)11-5-4-10(21-3)8-12(11)15/h4-5,8H,6-7,9,15H2,1-3H3,(H,16,18). The molecule has 0 saturated heterocycles. The first-order valence-corrected chi connectivity index (χ1v) is 6.44. The molecule has 0 unspecified atom stereocenters. The van der Waals surface area contributed by atoms with Crippen LogP contribution in [-0.2, 0) is 9.53 Å². The van der Waals surface area contributed by atoms with Gasteiger partial charge in [0.15, 0.2) is 0 Å². The van der Waals surface area contributed by atoms with E-state index in [1.165, 1.54) is 12.0 Å². The van der Waals surface area contributed by atoms with E-state index in [0.717, 1.165) is 0 Å². The predicted octanol–water partition coefficient (Wildman–Crippen LogP) is 0.112. The summed E-state index contributed by atoms with van der Waals surface area (Å²) in [6.07, 6.45) is 0. The number of methoxy groups -OCH3 is 2. The summed E-state index contributed by atoms with van der Waals surface area (Å²) in [5, 5.41) is 2.64. The largest absolute Gasteiger partial charge is 0.497 e. The van der Waals surface area contributed by atoms with E-state index in [9.17, 15) is 9.59 Å². The Kier molecular flexibility index (Phi) is 6.48. The molecule has 0 saturated carbocycles. The SMILES string of the molecule is COCCNC(=O)CN(C)C(=O)c1ccc(OC)cc1N. The monoisotopic (exact) mass is 295 g/mol. The molecule has 0 aliphatic heterocycles. The highest BCUT2D eigenvalue weighted by Gasteiger charge is 2.17. The molecule has 1 aromatic rings. The van der Waals surface area contributed by atoms with Crippen LogP contribution in [0.2, 0.25) is 0 Å². The van der Waals surface area contributed by atoms with Gasteiger partial charge in [0.05, 0.1) is 25.8 Å². The first-order chi connectivity index (χ1) is 9.99. The zero-order valence-electron chi connectivity index (χ0n) is 12.5. The van der Waals surface area contributed by atoms with Crippen molar-refractivity contribution >= 4 is 17.5 Å². The van der Waals surface area contributed by atoms with E-state index >= 15 is 0 Å². The Balaban J connectivity index is 2.63. The average Bonchev–Trinajstić information content (AvgIpc) is 2.46. The quantitative estimate of drug-likeness (QED) is 0.550. The van der Waals surface area contributed by atoms with Crippen LogP contribution < -0.4 is 15.8 Å². The Hall–Kier alpha value is -2.28. The number of ether oxygens (including phenoxy) is 2. The molecule has 0 aliphatic carbocycles. The topological polar surface area (TPSA) is 93.9 Å². The summed E-state index contributed by atoms with van der Waals surface area (Å²) in [6.45, 7) is 0.783. The van der Waals surface area contributed by atoms with Crippen molar-refractivity contribution < 1.29 is 19.1 Å². The van der Waals surface area contributed by atoms with Gasteiger partial charge < -0.3 is 25.4 Å². The molecule has 3 N–H and O–H groups in total. The van der Waals surface area contributed by atoms with Crippen molar-refractivity contribution in [3.8, 4) is 5.75 Å². The van der Waals surface area contributed by atoms with Crippen molar-refractivity contribution in [1.29, 1.82) is 0 Å². The molecule has 1 aromatic carbocycles. The summed E-state index contributed by atoms with van der Waals surface area (Å²) in [5.41, 5.74) is 6.47. The summed E-state index contributed by atoms with van der Waals surface area (Å²) in [5.74, 6) is -0.00367. The van der Waals surface area contributed by atoms with Gasteiger partial charge >= 0.3 is 0 Å². The van der Waals surface area contributed by atoms with Gasteiger partial charge in [-0.05, 0) is 12.1 Å². The highest BCUT2D eigenvalue weighted by Crippen LogP contribution is 2.20. The molecule has 7 nitrogen and oxygen atoms in total. The minimum atomic E-state index is -0.322. The zero-order valence-corrected chi connectivity index (χ0v) is 12.5. The van der Waals surface area contributed by atoms with Crippen molar-refractivity contribution in [2.45, 2.75) is 0 Å². The lowest BCUT2D eigenvalue weighted by Crippen LogP contribution is -2.39. The first-order valence-electron chi connectivity index (χ1n) is 6.44. The molecule has 0 spiro atoms. The summed E-state index contributed by atoms with van der Waals surface area (Å²) in [6, 6.07) is 4.80. The van der Waals surface area contributed by atoms with Crippen LogP contribution in [0.15, 0.2) is 18.2 Å².